The van der Waals surface area contributed by atoms with Gasteiger partial charge in [0.2, 0.25) is 0 Å². The van der Waals surface area contributed by atoms with Gasteiger partial charge in [0.15, 0.2) is 0 Å². The number of nitrogens with zero attached hydrogens (tertiary/aromatic N) is 3. The number of rotatable bonds is 5. The summed E-state index contributed by atoms with van der Waals surface area (Å²) in [5.74, 6) is 0.825. The smallest absolute Gasteiger partial charge is 0.147 e. The summed E-state index contributed by atoms with van der Waals surface area (Å²) in [6, 6.07) is 10.3. The van der Waals surface area contributed by atoms with Crippen LogP contribution in [-0.2, 0) is 6.54 Å². The molecule has 0 bridgehead atoms. The van der Waals surface area contributed by atoms with Crippen LogP contribution in [0.3, 0.4) is 0 Å². The molecule has 2 rings (SSSR count). The lowest BCUT2D eigenvalue weighted by Gasteiger charge is -2.21. The third-order valence-corrected chi connectivity index (χ3v) is 3.02. The highest BCUT2D eigenvalue weighted by Crippen LogP contribution is 2.13. The SMILES string of the molecule is CCN(Cc1ccccc1)c1cnc(C(N)=S)cn1. The zero-order valence-electron chi connectivity index (χ0n) is 10.8. The standard InChI is InChI=1S/C14H16N4S/c1-2-18(10-11-6-4-3-5-7-11)13-9-16-12(8-17-13)14(15)19/h3-9H,2,10H2,1H3,(H2,15,19). The van der Waals surface area contributed by atoms with E-state index in [1.165, 1.54) is 5.56 Å². The van der Waals surface area contributed by atoms with Gasteiger partial charge in [0.1, 0.15) is 16.5 Å². The molecule has 0 saturated carbocycles. The van der Waals surface area contributed by atoms with Gasteiger partial charge in [-0.05, 0) is 12.5 Å². The molecule has 0 saturated heterocycles. The molecule has 0 atom stereocenters. The van der Waals surface area contributed by atoms with Crippen LogP contribution in [0.5, 0.6) is 0 Å². The normalized spacial score (nSPS) is 10.2. The van der Waals surface area contributed by atoms with Gasteiger partial charge in [-0.2, -0.15) is 0 Å². The summed E-state index contributed by atoms with van der Waals surface area (Å²) in [5, 5.41) is 0. The van der Waals surface area contributed by atoms with Gasteiger partial charge in [-0.3, -0.25) is 0 Å². The molecule has 1 heterocycles. The maximum atomic E-state index is 5.51. The van der Waals surface area contributed by atoms with Crippen LogP contribution in [0.1, 0.15) is 18.2 Å². The van der Waals surface area contributed by atoms with E-state index in [1.807, 2.05) is 18.2 Å². The van der Waals surface area contributed by atoms with Crippen LogP contribution >= 0.6 is 12.2 Å². The van der Waals surface area contributed by atoms with Crippen molar-refractivity contribution in [3.8, 4) is 0 Å². The highest BCUT2D eigenvalue weighted by molar-refractivity contribution is 7.80. The van der Waals surface area contributed by atoms with Gasteiger partial charge in [0, 0.05) is 13.1 Å². The molecule has 1 aromatic heterocycles. The minimum atomic E-state index is 0.269. The van der Waals surface area contributed by atoms with E-state index in [4.69, 9.17) is 18.0 Å². The second-order valence-corrected chi connectivity index (χ2v) is 4.56. The van der Waals surface area contributed by atoms with Gasteiger partial charge in [-0.15, -0.1) is 0 Å². The maximum Gasteiger partial charge on any atom is 0.147 e. The molecule has 0 aliphatic rings. The summed E-state index contributed by atoms with van der Waals surface area (Å²) in [6.07, 6.45) is 3.33. The third-order valence-electron chi connectivity index (χ3n) is 2.81. The van der Waals surface area contributed by atoms with Gasteiger partial charge in [0.25, 0.3) is 0 Å². The number of aromatic nitrogens is 2. The number of nitrogens with two attached hydrogens (primary N) is 1. The molecule has 1 aromatic carbocycles. The second-order valence-electron chi connectivity index (χ2n) is 4.12. The first-order valence-electron chi connectivity index (χ1n) is 6.11. The fourth-order valence-corrected chi connectivity index (χ4v) is 1.88. The van der Waals surface area contributed by atoms with Crippen molar-refractivity contribution in [3.63, 3.8) is 0 Å². The molecule has 0 aliphatic carbocycles. The van der Waals surface area contributed by atoms with Crippen LogP contribution in [0.15, 0.2) is 42.7 Å². The lowest BCUT2D eigenvalue weighted by atomic mass is 10.2. The summed E-state index contributed by atoms with van der Waals surface area (Å²) in [4.78, 5) is 11.0. The van der Waals surface area contributed by atoms with Crippen LogP contribution in [-0.4, -0.2) is 21.5 Å². The molecule has 0 aliphatic heterocycles. The molecule has 0 amide bonds. The minimum Gasteiger partial charge on any atom is -0.388 e. The van der Waals surface area contributed by atoms with Gasteiger partial charge >= 0.3 is 0 Å². The highest BCUT2D eigenvalue weighted by Gasteiger charge is 2.08. The van der Waals surface area contributed by atoms with E-state index in [0.717, 1.165) is 18.9 Å². The molecule has 0 spiro atoms. The van der Waals surface area contributed by atoms with Gasteiger partial charge in [-0.1, -0.05) is 42.5 Å². The van der Waals surface area contributed by atoms with E-state index < -0.39 is 0 Å². The Bertz CT molecular complexity index is 539. The number of benzene rings is 1. The van der Waals surface area contributed by atoms with Gasteiger partial charge < -0.3 is 10.6 Å². The summed E-state index contributed by atoms with van der Waals surface area (Å²) < 4.78 is 0. The van der Waals surface area contributed by atoms with E-state index in [0.29, 0.717) is 5.69 Å². The summed E-state index contributed by atoms with van der Waals surface area (Å²) in [7, 11) is 0. The van der Waals surface area contributed by atoms with Crippen molar-refractivity contribution in [2.45, 2.75) is 13.5 Å². The lowest BCUT2D eigenvalue weighted by molar-refractivity contribution is 0.808. The maximum absolute atomic E-state index is 5.51. The van der Waals surface area contributed by atoms with Gasteiger partial charge in [0.05, 0.1) is 12.4 Å². The zero-order valence-corrected chi connectivity index (χ0v) is 11.6. The Morgan fingerprint density at radius 2 is 1.95 bits per heavy atom. The first-order valence-corrected chi connectivity index (χ1v) is 6.52. The molecular weight excluding hydrogens is 256 g/mol. The average Bonchev–Trinajstić information content (AvgIpc) is 2.46. The van der Waals surface area contributed by atoms with E-state index in [-0.39, 0.29) is 4.99 Å². The molecule has 0 unspecified atom stereocenters. The van der Waals surface area contributed by atoms with Crippen LogP contribution < -0.4 is 10.6 Å². The van der Waals surface area contributed by atoms with Crippen molar-refractivity contribution in [3.05, 3.63) is 54.0 Å². The fourth-order valence-electron chi connectivity index (χ4n) is 1.77. The fraction of sp³-hybridized carbons (Fsp3) is 0.214. The first-order chi connectivity index (χ1) is 9.20. The summed E-state index contributed by atoms with van der Waals surface area (Å²) in [5.41, 5.74) is 7.30. The largest absolute Gasteiger partial charge is 0.388 e. The summed E-state index contributed by atoms with van der Waals surface area (Å²) in [6.45, 7) is 3.75. The summed E-state index contributed by atoms with van der Waals surface area (Å²) >= 11 is 4.87. The van der Waals surface area contributed by atoms with Crippen LogP contribution in [0.25, 0.3) is 0 Å². The van der Waals surface area contributed by atoms with Crippen LogP contribution in [0, 0.1) is 0 Å². The van der Waals surface area contributed by atoms with E-state index in [9.17, 15) is 0 Å². The average molecular weight is 272 g/mol. The number of anilines is 1. The van der Waals surface area contributed by atoms with Crippen molar-refractivity contribution in [2.75, 3.05) is 11.4 Å². The molecule has 98 valence electrons. The topological polar surface area (TPSA) is 55.0 Å². The monoisotopic (exact) mass is 272 g/mol. The molecule has 2 aromatic rings. The van der Waals surface area contributed by atoms with Crippen molar-refractivity contribution in [2.24, 2.45) is 5.73 Å². The van der Waals surface area contributed by atoms with Gasteiger partial charge in [-0.25, -0.2) is 9.97 Å². The Hall–Kier alpha value is -2.01. The molecule has 2 N–H and O–H groups in total. The Kier molecular flexibility index (Phi) is 4.41. The van der Waals surface area contributed by atoms with E-state index >= 15 is 0 Å². The Morgan fingerprint density at radius 1 is 1.21 bits per heavy atom. The minimum absolute atomic E-state index is 0.269. The Morgan fingerprint density at radius 3 is 2.47 bits per heavy atom. The number of hydrogen-bond acceptors (Lipinski definition) is 4. The number of hydrogen-bond donors (Lipinski definition) is 1. The van der Waals surface area contributed by atoms with E-state index in [1.54, 1.807) is 12.4 Å². The third kappa shape index (κ3) is 3.48. The van der Waals surface area contributed by atoms with Crippen molar-refractivity contribution < 1.29 is 0 Å². The van der Waals surface area contributed by atoms with E-state index in [2.05, 4.69) is 33.9 Å². The molecular formula is C14H16N4S. The predicted molar refractivity (Wildman–Crippen MR) is 81.1 cm³/mol. The number of thiocarbonyl (C=S) groups is 1. The lowest BCUT2D eigenvalue weighted by Crippen LogP contribution is -2.23. The first kappa shape index (κ1) is 13.4. The van der Waals surface area contributed by atoms with Crippen molar-refractivity contribution in [1.82, 2.24) is 9.97 Å². The molecule has 0 fully saturated rings. The molecule has 4 nitrogen and oxygen atoms in total. The van der Waals surface area contributed by atoms with Crippen LogP contribution in [0.2, 0.25) is 0 Å². The predicted octanol–water partition coefficient (Wildman–Crippen LogP) is 2.14. The molecule has 0 radical (unpaired) electrons. The van der Waals surface area contributed by atoms with Crippen molar-refractivity contribution in [1.29, 1.82) is 0 Å². The van der Waals surface area contributed by atoms with Crippen molar-refractivity contribution >= 4 is 23.0 Å². The second kappa shape index (κ2) is 6.24. The quantitative estimate of drug-likeness (QED) is 0.845. The molecule has 5 heteroatoms. The highest BCUT2D eigenvalue weighted by atomic mass is 32.1. The zero-order chi connectivity index (χ0) is 13.7. The molecule has 19 heavy (non-hydrogen) atoms. The Labute approximate surface area is 118 Å². The van der Waals surface area contributed by atoms with Crippen LogP contribution in [0.4, 0.5) is 5.82 Å². The Balaban J connectivity index is 2.15.